The van der Waals surface area contributed by atoms with E-state index in [1.54, 1.807) is 0 Å². The van der Waals surface area contributed by atoms with Crippen molar-refractivity contribution in [3.63, 3.8) is 0 Å². The van der Waals surface area contributed by atoms with Gasteiger partial charge in [0.15, 0.2) is 0 Å². The first-order valence-corrected chi connectivity index (χ1v) is 9.98. The molecule has 0 unspecified atom stereocenters. The van der Waals surface area contributed by atoms with E-state index in [-0.39, 0.29) is 12.1 Å². The molecule has 22 heavy (non-hydrogen) atoms. The van der Waals surface area contributed by atoms with E-state index < -0.39 is 0 Å². The zero-order valence-corrected chi connectivity index (χ0v) is 15.8. The molecule has 2 N–H and O–H groups in total. The van der Waals surface area contributed by atoms with Crippen LogP contribution in [0.25, 0.3) is 0 Å². The molecule has 0 heterocycles. The van der Waals surface area contributed by atoms with E-state index in [4.69, 9.17) is 5.11 Å². The maximum absolute atomic E-state index is 9.15. The van der Waals surface area contributed by atoms with Crippen molar-refractivity contribution in [3.05, 3.63) is 0 Å². The Morgan fingerprint density at radius 2 is 1.00 bits per heavy atom. The van der Waals surface area contributed by atoms with Crippen LogP contribution in [0, 0.1) is 0 Å². The van der Waals surface area contributed by atoms with Crippen LogP contribution in [0.1, 0.15) is 111 Å². The molecular weight excluding hydrogens is 270 g/mol. The molecule has 0 radical (unpaired) electrons. The molecule has 0 saturated heterocycles. The third-order valence-corrected chi connectivity index (χ3v) is 4.53. The molecule has 0 saturated carbocycles. The van der Waals surface area contributed by atoms with Gasteiger partial charge in [-0.05, 0) is 26.8 Å². The van der Waals surface area contributed by atoms with Crippen molar-refractivity contribution in [3.8, 4) is 0 Å². The Bertz CT molecular complexity index is 216. The van der Waals surface area contributed by atoms with Crippen molar-refractivity contribution in [1.82, 2.24) is 5.32 Å². The molecule has 0 aromatic rings. The van der Waals surface area contributed by atoms with Crippen LogP contribution in [0.3, 0.4) is 0 Å². The predicted octanol–water partition coefficient (Wildman–Crippen LogP) is 5.83. The largest absolute Gasteiger partial charge is 0.394 e. The van der Waals surface area contributed by atoms with Crippen LogP contribution in [0.5, 0.6) is 0 Å². The van der Waals surface area contributed by atoms with Crippen molar-refractivity contribution >= 4 is 0 Å². The van der Waals surface area contributed by atoms with Gasteiger partial charge in [0.1, 0.15) is 0 Å². The maximum Gasteiger partial charge on any atom is 0.0607 e. The van der Waals surface area contributed by atoms with Gasteiger partial charge in [-0.25, -0.2) is 0 Å². The van der Waals surface area contributed by atoms with Crippen LogP contribution in [-0.2, 0) is 0 Å². The van der Waals surface area contributed by atoms with Gasteiger partial charge < -0.3 is 10.4 Å². The summed E-state index contributed by atoms with van der Waals surface area (Å²) >= 11 is 0. The lowest BCUT2D eigenvalue weighted by Crippen LogP contribution is -2.43. The summed E-state index contributed by atoms with van der Waals surface area (Å²) < 4.78 is 0. The van der Waals surface area contributed by atoms with Gasteiger partial charge in [0.2, 0.25) is 0 Å². The van der Waals surface area contributed by atoms with Crippen LogP contribution in [0.4, 0.5) is 0 Å². The molecule has 0 fully saturated rings. The lowest BCUT2D eigenvalue weighted by Gasteiger charge is -2.23. The summed E-state index contributed by atoms with van der Waals surface area (Å²) in [5.74, 6) is 0. The number of hydrogen-bond acceptors (Lipinski definition) is 2. The summed E-state index contributed by atoms with van der Waals surface area (Å²) in [6.07, 6.45) is 19.7. The highest BCUT2D eigenvalue weighted by Gasteiger charge is 2.13. The fraction of sp³-hybridized carbons (Fsp3) is 1.00. The summed E-state index contributed by atoms with van der Waals surface area (Å²) in [5.41, 5.74) is -0.115. The third-order valence-electron chi connectivity index (χ3n) is 4.53. The summed E-state index contributed by atoms with van der Waals surface area (Å²) in [5, 5.41) is 12.5. The maximum atomic E-state index is 9.15. The minimum absolute atomic E-state index is 0.115. The van der Waals surface area contributed by atoms with E-state index in [9.17, 15) is 0 Å². The monoisotopic (exact) mass is 313 g/mol. The molecule has 0 aromatic carbocycles. The van der Waals surface area contributed by atoms with E-state index in [1.165, 1.54) is 89.9 Å². The quantitative estimate of drug-likeness (QED) is 0.331. The number of aliphatic hydroxyl groups excluding tert-OH is 1. The Labute approximate surface area is 140 Å². The average Bonchev–Trinajstić information content (AvgIpc) is 2.51. The first kappa shape index (κ1) is 21.9. The molecule has 0 bridgehead atoms. The van der Waals surface area contributed by atoms with Crippen LogP contribution in [0.2, 0.25) is 0 Å². The van der Waals surface area contributed by atoms with Gasteiger partial charge in [-0.3, -0.25) is 0 Å². The summed E-state index contributed by atoms with van der Waals surface area (Å²) in [4.78, 5) is 0. The van der Waals surface area contributed by atoms with Gasteiger partial charge in [-0.1, -0.05) is 90.4 Å². The molecule has 0 aliphatic heterocycles. The van der Waals surface area contributed by atoms with Gasteiger partial charge in [-0.2, -0.15) is 0 Å². The Kier molecular flexibility index (Phi) is 15.7. The Morgan fingerprint density at radius 3 is 1.36 bits per heavy atom. The van der Waals surface area contributed by atoms with Gasteiger partial charge >= 0.3 is 0 Å². The summed E-state index contributed by atoms with van der Waals surface area (Å²) in [7, 11) is 0. The molecule has 0 aliphatic rings. The fourth-order valence-corrected chi connectivity index (χ4v) is 2.80. The Balaban J connectivity index is 3.06. The molecule has 134 valence electrons. The topological polar surface area (TPSA) is 32.3 Å². The number of nitrogens with one attached hydrogen (secondary N) is 1. The van der Waals surface area contributed by atoms with E-state index in [0.717, 1.165) is 6.54 Å². The van der Waals surface area contributed by atoms with Crippen molar-refractivity contribution in [2.45, 2.75) is 116 Å². The number of aliphatic hydroxyl groups is 1. The third kappa shape index (κ3) is 16.3. The molecule has 0 amide bonds. The van der Waals surface area contributed by atoms with Crippen LogP contribution in [0.15, 0.2) is 0 Å². The van der Waals surface area contributed by atoms with Crippen molar-refractivity contribution < 1.29 is 5.11 Å². The minimum atomic E-state index is -0.115. The van der Waals surface area contributed by atoms with Crippen molar-refractivity contribution in [2.75, 3.05) is 13.2 Å². The van der Waals surface area contributed by atoms with E-state index in [1.807, 2.05) is 0 Å². The predicted molar refractivity (Wildman–Crippen MR) is 99.5 cm³/mol. The van der Waals surface area contributed by atoms with Gasteiger partial charge in [-0.15, -0.1) is 0 Å². The van der Waals surface area contributed by atoms with E-state index in [0.29, 0.717) is 0 Å². The second-order valence-corrected chi connectivity index (χ2v) is 7.56. The molecule has 2 heteroatoms. The van der Waals surface area contributed by atoms with Gasteiger partial charge in [0.25, 0.3) is 0 Å². The number of rotatable bonds is 17. The highest BCUT2D eigenvalue weighted by Crippen LogP contribution is 2.12. The normalized spacial score (nSPS) is 12.0. The second kappa shape index (κ2) is 15.8. The van der Waals surface area contributed by atoms with Crippen molar-refractivity contribution in [2.24, 2.45) is 0 Å². The molecule has 0 aliphatic carbocycles. The lowest BCUT2D eigenvalue weighted by atomic mass is 10.0. The molecule has 0 rings (SSSR count). The average molecular weight is 314 g/mol. The van der Waals surface area contributed by atoms with Crippen LogP contribution in [-0.4, -0.2) is 23.8 Å². The molecule has 0 spiro atoms. The molecule has 0 aromatic heterocycles. The minimum Gasteiger partial charge on any atom is -0.394 e. The summed E-state index contributed by atoms with van der Waals surface area (Å²) in [6.45, 7) is 7.64. The molecule has 0 atom stereocenters. The van der Waals surface area contributed by atoms with Crippen LogP contribution < -0.4 is 5.32 Å². The standard InChI is InChI=1S/C20H43NO/c1-4-5-6-7-8-9-10-11-12-13-14-15-16-17-18-21-20(2,3)19-22/h21-22H,4-19H2,1-3H3. The number of unbranched alkanes of at least 4 members (excludes halogenated alkanes) is 13. The number of hydrogen-bond donors (Lipinski definition) is 2. The first-order chi connectivity index (χ1) is 10.6. The molecular formula is C20H43NO. The zero-order chi connectivity index (χ0) is 16.5. The van der Waals surface area contributed by atoms with Crippen LogP contribution >= 0.6 is 0 Å². The molecule has 2 nitrogen and oxygen atoms in total. The first-order valence-electron chi connectivity index (χ1n) is 9.98. The summed E-state index contributed by atoms with van der Waals surface area (Å²) in [6, 6.07) is 0. The van der Waals surface area contributed by atoms with Gasteiger partial charge in [0, 0.05) is 5.54 Å². The smallest absolute Gasteiger partial charge is 0.0607 e. The Hall–Kier alpha value is -0.0800. The van der Waals surface area contributed by atoms with E-state index >= 15 is 0 Å². The Morgan fingerprint density at radius 1 is 0.636 bits per heavy atom. The van der Waals surface area contributed by atoms with E-state index in [2.05, 4.69) is 26.1 Å². The zero-order valence-electron chi connectivity index (χ0n) is 15.8. The SMILES string of the molecule is CCCCCCCCCCCCCCCCNC(C)(C)CO. The lowest BCUT2D eigenvalue weighted by molar-refractivity contribution is 0.188. The fourth-order valence-electron chi connectivity index (χ4n) is 2.80. The second-order valence-electron chi connectivity index (χ2n) is 7.56. The highest BCUT2D eigenvalue weighted by atomic mass is 16.3. The van der Waals surface area contributed by atoms with Crippen molar-refractivity contribution in [1.29, 1.82) is 0 Å². The van der Waals surface area contributed by atoms with Gasteiger partial charge in [0.05, 0.1) is 6.61 Å². The highest BCUT2D eigenvalue weighted by molar-refractivity contribution is 4.75.